The Balaban J connectivity index is 1.91. The van der Waals surface area contributed by atoms with Crippen molar-refractivity contribution in [2.75, 3.05) is 0 Å². The van der Waals surface area contributed by atoms with E-state index in [1.165, 1.54) is 0 Å². The average molecular weight is 430 g/mol. The maximum atomic E-state index is 14.5. The fourth-order valence-electron chi connectivity index (χ4n) is 3.17. The normalized spacial score (nSPS) is 11.9. The summed E-state index contributed by atoms with van der Waals surface area (Å²) >= 11 is 0. The molecule has 0 radical (unpaired) electrons. The van der Waals surface area contributed by atoms with Crippen LogP contribution in [0.1, 0.15) is 37.3 Å². The zero-order valence-electron chi connectivity index (χ0n) is 15.8. The van der Waals surface area contributed by atoms with Crippen LogP contribution in [0.15, 0.2) is 36.4 Å². The molecule has 1 nitrogen and oxygen atoms in total. The molecule has 0 amide bonds. The number of halogens is 7. The van der Waals surface area contributed by atoms with Crippen LogP contribution in [-0.2, 0) is 12.5 Å². The standard InChI is InChI=1S/C22H17F7O/c1-2-3-4-5-12-8-16(23)19(17(24)9-12)22(28,29)30-14-6-7-15-13(10-14)11-18(25)21(27)20(15)26/h6-11H,2-5H2,1H3. The highest BCUT2D eigenvalue weighted by molar-refractivity contribution is 5.84. The van der Waals surface area contributed by atoms with Gasteiger partial charge in [0.05, 0.1) is 0 Å². The van der Waals surface area contributed by atoms with Crippen LogP contribution in [0.4, 0.5) is 30.7 Å². The molecule has 3 aromatic rings. The van der Waals surface area contributed by atoms with Crippen molar-refractivity contribution < 1.29 is 35.5 Å². The maximum absolute atomic E-state index is 14.5. The van der Waals surface area contributed by atoms with Crippen molar-refractivity contribution in [3.05, 3.63) is 76.6 Å². The molecule has 30 heavy (non-hydrogen) atoms. The van der Waals surface area contributed by atoms with Gasteiger partial charge < -0.3 is 4.74 Å². The lowest BCUT2D eigenvalue weighted by atomic mass is 10.0. The Bertz CT molecular complexity index is 1060. The molecule has 0 saturated heterocycles. The quantitative estimate of drug-likeness (QED) is 0.216. The molecule has 3 aromatic carbocycles. The molecular formula is C22H17F7O. The van der Waals surface area contributed by atoms with Gasteiger partial charge in [0.2, 0.25) is 0 Å². The third-order valence-corrected chi connectivity index (χ3v) is 4.65. The smallest absolute Gasteiger partial charge is 0.429 e. The van der Waals surface area contributed by atoms with Gasteiger partial charge in [-0.2, -0.15) is 8.78 Å². The van der Waals surface area contributed by atoms with Gasteiger partial charge in [0, 0.05) is 5.39 Å². The first-order valence-electron chi connectivity index (χ1n) is 9.26. The lowest BCUT2D eigenvalue weighted by Gasteiger charge is -2.20. The van der Waals surface area contributed by atoms with Crippen LogP contribution in [0.25, 0.3) is 10.8 Å². The molecule has 0 aromatic heterocycles. The SMILES string of the molecule is CCCCCc1cc(F)c(C(F)(F)Oc2ccc3c(F)c(F)c(F)cc3c2)c(F)c1. The van der Waals surface area contributed by atoms with Crippen molar-refractivity contribution in [3.63, 3.8) is 0 Å². The van der Waals surface area contributed by atoms with E-state index in [9.17, 15) is 30.7 Å². The number of unbranched alkanes of at least 4 members (excludes halogenated alkanes) is 2. The first kappa shape index (κ1) is 21.9. The zero-order valence-corrected chi connectivity index (χ0v) is 15.8. The summed E-state index contributed by atoms with van der Waals surface area (Å²) in [6.45, 7) is 1.95. The van der Waals surface area contributed by atoms with Gasteiger partial charge in [-0.3, -0.25) is 0 Å². The fourth-order valence-corrected chi connectivity index (χ4v) is 3.17. The Hall–Kier alpha value is -2.77. The summed E-state index contributed by atoms with van der Waals surface area (Å²) in [4.78, 5) is 0. The monoisotopic (exact) mass is 430 g/mol. The lowest BCUT2D eigenvalue weighted by molar-refractivity contribution is -0.189. The largest absolute Gasteiger partial charge is 0.432 e. The number of ether oxygens (including phenoxy) is 1. The van der Waals surface area contributed by atoms with Crippen molar-refractivity contribution in [1.82, 2.24) is 0 Å². The van der Waals surface area contributed by atoms with E-state index in [1.807, 2.05) is 6.92 Å². The second-order valence-electron chi connectivity index (χ2n) is 6.88. The highest BCUT2D eigenvalue weighted by Gasteiger charge is 2.41. The molecule has 160 valence electrons. The van der Waals surface area contributed by atoms with E-state index in [-0.39, 0.29) is 16.3 Å². The van der Waals surface area contributed by atoms with Gasteiger partial charge in [0.1, 0.15) is 22.9 Å². The average Bonchev–Trinajstić information content (AvgIpc) is 2.65. The Morgan fingerprint density at radius 3 is 2.10 bits per heavy atom. The molecule has 0 atom stereocenters. The van der Waals surface area contributed by atoms with E-state index in [0.29, 0.717) is 18.9 Å². The number of hydrogen-bond acceptors (Lipinski definition) is 1. The summed E-state index contributed by atoms with van der Waals surface area (Å²) in [6.07, 6.45) is -1.68. The predicted molar refractivity (Wildman–Crippen MR) is 97.9 cm³/mol. The predicted octanol–water partition coefficient (Wildman–Crippen LogP) is 7.40. The summed E-state index contributed by atoms with van der Waals surface area (Å²) in [6, 6.07) is 4.86. The molecule has 0 unspecified atom stereocenters. The van der Waals surface area contributed by atoms with E-state index in [0.717, 1.165) is 43.2 Å². The van der Waals surface area contributed by atoms with Gasteiger partial charge in [-0.1, -0.05) is 19.8 Å². The fraction of sp³-hybridized carbons (Fsp3) is 0.273. The van der Waals surface area contributed by atoms with Crippen molar-refractivity contribution in [3.8, 4) is 5.75 Å². The van der Waals surface area contributed by atoms with Crippen LogP contribution >= 0.6 is 0 Å². The maximum Gasteiger partial charge on any atom is 0.432 e. The number of aryl methyl sites for hydroxylation is 1. The number of hydrogen-bond donors (Lipinski definition) is 0. The van der Waals surface area contributed by atoms with Gasteiger partial charge in [-0.05, 0) is 60.2 Å². The molecule has 0 heterocycles. The molecule has 0 aliphatic carbocycles. The van der Waals surface area contributed by atoms with Crippen LogP contribution in [0.2, 0.25) is 0 Å². The van der Waals surface area contributed by atoms with E-state index in [2.05, 4.69) is 4.74 Å². The highest BCUT2D eigenvalue weighted by Crippen LogP contribution is 2.37. The Labute approximate surface area is 168 Å². The summed E-state index contributed by atoms with van der Waals surface area (Å²) in [5.74, 6) is -8.25. The first-order chi connectivity index (χ1) is 14.1. The summed E-state index contributed by atoms with van der Waals surface area (Å²) in [5.41, 5.74) is -1.32. The number of rotatable bonds is 7. The molecular weight excluding hydrogens is 413 g/mol. The third kappa shape index (κ3) is 4.37. The van der Waals surface area contributed by atoms with E-state index >= 15 is 0 Å². The van der Waals surface area contributed by atoms with Crippen molar-refractivity contribution in [2.45, 2.75) is 38.7 Å². The molecule has 0 bridgehead atoms. The minimum atomic E-state index is -4.40. The number of benzene rings is 3. The second-order valence-corrected chi connectivity index (χ2v) is 6.88. The molecule has 0 fully saturated rings. The molecule has 0 aliphatic rings. The van der Waals surface area contributed by atoms with Crippen LogP contribution in [0.5, 0.6) is 5.75 Å². The summed E-state index contributed by atoms with van der Waals surface area (Å²) in [7, 11) is 0. The Morgan fingerprint density at radius 1 is 0.800 bits per heavy atom. The summed E-state index contributed by atoms with van der Waals surface area (Å²) < 4.78 is 102. The Morgan fingerprint density at radius 2 is 1.47 bits per heavy atom. The van der Waals surface area contributed by atoms with Crippen LogP contribution in [0.3, 0.4) is 0 Å². The lowest BCUT2D eigenvalue weighted by Crippen LogP contribution is -2.25. The molecule has 3 rings (SSSR count). The van der Waals surface area contributed by atoms with Gasteiger partial charge in [-0.25, -0.2) is 22.0 Å². The molecule has 0 saturated carbocycles. The molecule has 0 spiro atoms. The topological polar surface area (TPSA) is 9.23 Å². The minimum absolute atomic E-state index is 0.247. The second kappa shape index (κ2) is 8.53. The van der Waals surface area contributed by atoms with Crippen molar-refractivity contribution in [1.29, 1.82) is 0 Å². The number of alkyl halides is 2. The number of fused-ring (bicyclic) bond motifs is 1. The van der Waals surface area contributed by atoms with E-state index in [4.69, 9.17) is 0 Å². The van der Waals surface area contributed by atoms with Crippen molar-refractivity contribution >= 4 is 10.8 Å². The van der Waals surface area contributed by atoms with Gasteiger partial charge in [0.25, 0.3) is 0 Å². The zero-order chi connectivity index (χ0) is 22.1. The summed E-state index contributed by atoms with van der Waals surface area (Å²) in [5, 5.41) is -0.620. The van der Waals surface area contributed by atoms with Crippen LogP contribution in [0, 0.1) is 29.1 Å². The molecule has 0 N–H and O–H groups in total. The van der Waals surface area contributed by atoms with Gasteiger partial charge in [-0.15, -0.1) is 0 Å². The minimum Gasteiger partial charge on any atom is -0.429 e. The molecule has 8 heteroatoms. The van der Waals surface area contributed by atoms with E-state index in [1.54, 1.807) is 0 Å². The Kier molecular flexibility index (Phi) is 6.24. The van der Waals surface area contributed by atoms with Crippen molar-refractivity contribution in [2.24, 2.45) is 0 Å². The van der Waals surface area contributed by atoms with Crippen LogP contribution < -0.4 is 4.74 Å². The van der Waals surface area contributed by atoms with Gasteiger partial charge in [0.15, 0.2) is 17.5 Å². The molecule has 0 aliphatic heterocycles. The van der Waals surface area contributed by atoms with Crippen LogP contribution in [-0.4, -0.2) is 0 Å². The van der Waals surface area contributed by atoms with E-state index < -0.39 is 46.5 Å². The first-order valence-corrected chi connectivity index (χ1v) is 9.26. The third-order valence-electron chi connectivity index (χ3n) is 4.65. The van der Waals surface area contributed by atoms with Gasteiger partial charge >= 0.3 is 6.11 Å². The highest BCUT2D eigenvalue weighted by atomic mass is 19.3.